The summed E-state index contributed by atoms with van der Waals surface area (Å²) in [5.41, 5.74) is 0.202. The van der Waals surface area contributed by atoms with Gasteiger partial charge >= 0.3 is 23.9 Å². The summed E-state index contributed by atoms with van der Waals surface area (Å²) in [6.07, 6.45) is -12.2. The van der Waals surface area contributed by atoms with Crippen molar-refractivity contribution in [2.45, 2.75) is 139 Å². The van der Waals surface area contributed by atoms with Crippen molar-refractivity contribution in [2.75, 3.05) is 0 Å². The number of ether oxygens (including phenoxy) is 10. The van der Waals surface area contributed by atoms with Gasteiger partial charge in [-0.2, -0.15) is 0 Å². The van der Waals surface area contributed by atoms with Crippen molar-refractivity contribution in [3.63, 3.8) is 0 Å². The number of hydrogen-bond donors (Lipinski definition) is 5. The first kappa shape index (κ1) is 35.5. The minimum absolute atomic E-state index is 0.202. The number of carbonyl (C=O) groups excluding carboxylic acids is 4. The van der Waals surface area contributed by atoms with E-state index in [2.05, 4.69) is 16.1 Å². The third-order valence-corrected chi connectivity index (χ3v) is 7.79. The number of aliphatic hydroxyl groups excluding tert-OH is 4. The number of fused-ring (bicyclic) bond motifs is 5. The second kappa shape index (κ2) is 12.9. The minimum atomic E-state index is -1.40. The first-order chi connectivity index (χ1) is 21.8. The maximum Gasteiger partial charge on any atom is 0.350 e. The Morgan fingerprint density at radius 1 is 0.830 bits per heavy atom. The van der Waals surface area contributed by atoms with Crippen LogP contribution in [0.1, 0.15) is 41.0 Å². The van der Waals surface area contributed by atoms with Gasteiger partial charge in [0.1, 0.15) is 30.5 Å². The zero-order valence-corrected chi connectivity index (χ0v) is 25.9. The van der Waals surface area contributed by atoms with E-state index in [4.69, 9.17) is 53.2 Å². The van der Waals surface area contributed by atoms with Gasteiger partial charge in [0.05, 0.1) is 0 Å². The smallest absolute Gasteiger partial charge is 0.350 e. The highest BCUT2D eigenvalue weighted by molar-refractivity contribution is 5.90. The second-order valence-corrected chi connectivity index (χ2v) is 12.7. The first-order valence-electron chi connectivity index (χ1n) is 14.7. The lowest BCUT2D eigenvalue weighted by atomic mass is 10.1. The Bertz CT molecular complexity index is 1260. The zero-order chi connectivity index (χ0) is 34.7. The molecular formula is C28H38O19. The van der Waals surface area contributed by atoms with Crippen LogP contribution in [0.25, 0.3) is 0 Å². The topological polar surface area (TPSA) is 262 Å². The number of carbonyl (C=O) groups is 4. The Morgan fingerprint density at radius 2 is 1.45 bits per heavy atom. The zero-order valence-electron chi connectivity index (χ0n) is 25.9. The Hall–Kier alpha value is -2.82. The molecule has 0 aliphatic carbocycles. The van der Waals surface area contributed by atoms with Crippen LogP contribution < -0.4 is 0 Å². The molecule has 0 aromatic carbocycles. The third kappa shape index (κ3) is 7.30. The summed E-state index contributed by atoms with van der Waals surface area (Å²) in [6, 6.07) is 0. The molecule has 0 aromatic rings. The van der Waals surface area contributed by atoms with Gasteiger partial charge in [0.15, 0.2) is 61.0 Å². The van der Waals surface area contributed by atoms with Gasteiger partial charge in [0.25, 0.3) is 0 Å². The third-order valence-electron chi connectivity index (χ3n) is 7.79. The van der Waals surface area contributed by atoms with Gasteiger partial charge in [-0.05, 0) is 34.6 Å². The molecule has 0 spiro atoms. The van der Waals surface area contributed by atoms with Crippen LogP contribution in [0.2, 0.25) is 0 Å². The summed E-state index contributed by atoms with van der Waals surface area (Å²) in [6.45, 7) is 11.4. The molecule has 264 valence electrons. The van der Waals surface area contributed by atoms with Crippen LogP contribution in [0.5, 0.6) is 0 Å². The highest BCUT2D eigenvalue weighted by atomic mass is 16.9. The van der Waals surface area contributed by atoms with Crippen molar-refractivity contribution in [3.8, 4) is 0 Å². The second-order valence-electron chi connectivity index (χ2n) is 12.7. The lowest BCUT2D eigenvalue weighted by Crippen LogP contribution is -2.37. The molecule has 19 nitrogen and oxygen atoms in total. The van der Waals surface area contributed by atoms with Crippen molar-refractivity contribution < 1.29 is 92.1 Å². The number of aliphatic hydroxyl groups is 5. The standard InChI is InChI=1S/C13H16O7.C9H14O6.C6H8O6/c1-5(2)10(14)17-8-6-7(16-11(8)15)9-12(18-6)20-13(3,4)19-9;1-9(2,12)15-5-3-4-7(14-5)6(10)8(11)13-4;7-1-3-4(12-5(1)9)2(8)6(10)11-3/h6-9,12H,1H2,2-4H3;4-7,10,12H,3H2,1-2H3;1-5,7-9H. The van der Waals surface area contributed by atoms with Crippen LogP contribution in [-0.2, 0) is 66.5 Å². The molecule has 0 amide bonds. The predicted octanol–water partition coefficient (Wildman–Crippen LogP) is -3.24. The molecule has 14 atom stereocenters. The molecule has 19 heteroatoms. The summed E-state index contributed by atoms with van der Waals surface area (Å²) in [7, 11) is 0. The van der Waals surface area contributed by atoms with E-state index in [1.54, 1.807) is 13.8 Å². The van der Waals surface area contributed by atoms with Crippen molar-refractivity contribution in [3.05, 3.63) is 12.2 Å². The van der Waals surface area contributed by atoms with Gasteiger partial charge in [-0.25, -0.2) is 19.2 Å². The van der Waals surface area contributed by atoms with Crippen molar-refractivity contribution >= 4 is 23.9 Å². The molecule has 5 N–H and O–H groups in total. The van der Waals surface area contributed by atoms with Crippen LogP contribution in [0.4, 0.5) is 0 Å². The fraction of sp³-hybridized carbons (Fsp3) is 0.786. The van der Waals surface area contributed by atoms with Crippen molar-refractivity contribution in [1.29, 1.82) is 0 Å². The average Bonchev–Trinajstić information content (AvgIpc) is 3.79. The molecule has 7 heterocycles. The van der Waals surface area contributed by atoms with Crippen LogP contribution in [-0.4, -0.2) is 147 Å². The Morgan fingerprint density at radius 3 is 2.04 bits per heavy atom. The fourth-order valence-corrected chi connectivity index (χ4v) is 5.74. The summed E-state index contributed by atoms with van der Waals surface area (Å²) in [5.74, 6) is -4.88. The molecule has 0 radical (unpaired) electrons. The molecule has 14 unspecified atom stereocenters. The van der Waals surface area contributed by atoms with Crippen LogP contribution in [0.3, 0.4) is 0 Å². The van der Waals surface area contributed by atoms with E-state index in [1.807, 2.05) is 0 Å². The van der Waals surface area contributed by atoms with Gasteiger partial charge in [0.2, 0.25) is 6.10 Å². The first-order valence-corrected chi connectivity index (χ1v) is 14.7. The molecule has 0 saturated carbocycles. The molecular weight excluding hydrogens is 640 g/mol. The average molecular weight is 679 g/mol. The van der Waals surface area contributed by atoms with E-state index in [0.29, 0.717) is 6.42 Å². The predicted molar refractivity (Wildman–Crippen MR) is 143 cm³/mol. The largest absolute Gasteiger partial charge is 0.457 e. The summed E-state index contributed by atoms with van der Waals surface area (Å²) >= 11 is 0. The van der Waals surface area contributed by atoms with Gasteiger partial charge in [0, 0.05) is 12.0 Å². The maximum atomic E-state index is 11.8. The molecule has 47 heavy (non-hydrogen) atoms. The molecule has 7 aliphatic rings. The van der Waals surface area contributed by atoms with E-state index >= 15 is 0 Å². The molecule has 7 aliphatic heterocycles. The fourth-order valence-electron chi connectivity index (χ4n) is 5.74. The monoisotopic (exact) mass is 678 g/mol. The van der Waals surface area contributed by atoms with Crippen LogP contribution in [0, 0.1) is 0 Å². The maximum absolute atomic E-state index is 11.8. The lowest BCUT2D eigenvalue weighted by molar-refractivity contribution is -0.272. The quantitative estimate of drug-likeness (QED) is 0.0846. The lowest BCUT2D eigenvalue weighted by Gasteiger charge is -2.23. The van der Waals surface area contributed by atoms with E-state index in [9.17, 15) is 29.4 Å². The highest BCUT2D eigenvalue weighted by Crippen LogP contribution is 2.43. The Balaban J connectivity index is 0.000000143. The van der Waals surface area contributed by atoms with Gasteiger partial charge < -0.3 is 72.9 Å². The number of esters is 4. The number of hydrogen-bond acceptors (Lipinski definition) is 19. The molecule has 0 aromatic heterocycles. The SMILES string of the molecule is C=C(C)C(=O)OC1C(=O)OC2C3OC(C)(C)OC3OC12.CC(C)(O)OC1CC2OC(=O)C(O)C2O1.O=C1OC2C(O)C(O)OC2C1O. The van der Waals surface area contributed by atoms with E-state index in [0.717, 1.165) is 0 Å². The Kier molecular flexibility index (Phi) is 9.74. The highest BCUT2D eigenvalue weighted by Gasteiger charge is 2.64. The van der Waals surface area contributed by atoms with Crippen molar-refractivity contribution in [1.82, 2.24) is 0 Å². The normalized spacial score (nSPS) is 43.7. The molecule has 0 bridgehead atoms. The molecule has 7 rings (SSSR count). The Labute approximate surface area is 267 Å². The summed E-state index contributed by atoms with van der Waals surface area (Å²) < 4.78 is 51.6. The van der Waals surface area contributed by atoms with Crippen LogP contribution >= 0.6 is 0 Å². The number of rotatable bonds is 4. The van der Waals surface area contributed by atoms with Crippen molar-refractivity contribution in [2.24, 2.45) is 0 Å². The summed E-state index contributed by atoms with van der Waals surface area (Å²) in [4.78, 5) is 45.0. The minimum Gasteiger partial charge on any atom is -0.457 e. The van der Waals surface area contributed by atoms with E-state index in [1.165, 1.54) is 20.8 Å². The van der Waals surface area contributed by atoms with Crippen LogP contribution in [0.15, 0.2) is 12.2 Å². The van der Waals surface area contributed by atoms with E-state index < -0.39 is 121 Å². The van der Waals surface area contributed by atoms with Gasteiger partial charge in [-0.1, -0.05) is 6.58 Å². The molecule has 7 saturated heterocycles. The van der Waals surface area contributed by atoms with Gasteiger partial charge in [-0.3, -0.25) is 0 Å². The molecule has 7 fully saturated rings. The summed E-state index contributed by atoms with van der Waals surface area (Å²) in [5, 5.41) is 45.9. The van der Waals surface area contributed by atoms with E-state index in [-0.39, 0.29) is 5.57 Å². The van der Waals surface area contributed by atoms with Gasteiger partial charge in [-0.15, -0.1) is 0 Å².